The fourth-order valence-corrected chi connectivity index (χ4v) is 7.32. The fourth-order valence-electron chi connectivity index (χ4n) is 5.39. The van der Waals surface area contributed by atoms with E-state index in [0.717, 1.165) is 45.2 Å². The van der Waals surface area contributed by atoms with Crippen LogP contribution in [0.3, 0.4) is 0 Å². The molecule has 2 saturated heterocycles. The van der Waals surface area contributed by atoms with Crippen molar-refractivity contribution in [2.24, 2.45) is 17.8 Å². The molecule has 2 saturated carbocycles. The topological polar surface area (TPSA) is 69.7 Å². The van der Waals surface area contributed by atoms with Gasteiger partial charge in [0.15, 0.2) is 0 Å². The van der Waals surface area contributed by atoms with Crippen LogP contribution in [0.4, 0.5) is 0 Å². The lowest BCUT2D eigenvalue weighted by atomic mass is 9.96. The Morgan fingerprint density at radius 3 is 2.41 bits per heavy atom. The lowest BCUT2D eigenvalue weighted by Crippen LogP contribution is -2.51. The maximum Gasteiger partial charge on any atom is 0.237 e. The predicted octanol–water partition coefficient (Wildman–Crippen LogP) is 1.82. The van der Waals surface area contributed by atoms with Crippen LogP contribution in [0.5, 0.6) is 0 Å². The Kier molecular flexibility index (Phi) is 5.56. The summed E-state index contributed by atoms with van der Waals surface area (Å²) in [6.45, 7) is 7.67. The van der Waals surface area contributed by atoms with Crippen LogP contribution in [-0.4, -0.2) is 67.0 Å². The van der Waals surface area contributed by atoms with Crippen LogP contribution in [0.1, 0.15) is 58.8 Å². The molecule has 4 atom stereocenters. The smallest absolute Gasteiger partial charge is 0.237 e. The van der Waals surface area contributed by atoms with Crippen molar-refractivity contribution in [3.63, 3.8) is 0 Å². The van der Waals surface area contributed by atoms with Gasteiger partial charge in [-0.25, -0.2) is 12.7 Å². The average Bonchev–Trinajstić information content (AvgIpc) is 3.03. The first-order chi connectivity index (χ1) is 12.9. The minimum atomic E-state index is -3.09. The molecule has 1 N–H and O–H groups in total. The molecule has 0 radical (unpaired) electrons. The summed E-state index contributed by atoms with van der Waals surface area (Å²) in [7, 11) is -3.09. The summed E-state index contributed by atoms with van der Waals surface area (Å²) >= 11 is 0. The molecule has 27 heavy (non-hydrogen) atoms. The van der Waals surface area contributed by atoms with E-state index >= 15 is 0 Å². The van der Waals surface area contributed by atoms with Gasteiger partial charge in [-0.1, -0.05) is 13.8 Å². The van der Waals surface area contributed by atoms with Gasteiger partial charge in [0.2, 0.25) is 15.9 Å². The molecule has 0 aromatic rings. The van der Waals surface area contributed by atoms with E-state index in [0.29, 0.717) is 30.8 Å². The molecule has 0 bridgehead atoms. The van der Waals surface area contributed by atoms with Crippen LogP contribution in [0.25, 0.3) is 0 Å². The van der Waals surface area contributed by atoms with Gasteiger partial charge in [0.25, 0.3) is 0 Å². The molecule has 2 aliphatic heterocycles. The van der Waals surface area contributed by atoms with Crippen molar-refractivity contribution >= 4 is 15.9 Å². The number of carbonyl (C=O) groups excluding carboxylic acids is 1. The third-order valence-electron chi connectivity index (χ3n) is 7.04. The van der Waals surface area contributed by atoms with E-state index in [1.54, 1.807) is 4.31 Å². The van der Waals surface area contributed by atoms with E-state index < -0.39 is 10.0 Å². The normalized spacial score (nSPS) is 33.5. The minimum Gasteiger partial charge on any atom is -0.352 e. The van der Waals surface area contributed by atoms with E-state index in [1.807, 2.05) is 0 Å². The minimum absolute atomic E-state index is 0.0285. The van der Waals surface area contributed by atoms with Crippen LogP contribution >= 0.6 is 0 Å². The Labute approximate surface area is 164 Å². The van der Waals surface area contributed by atoms with Crippen molar-refractivity contribution < 1.29 is 13.2 Å². The Hall–Kier alpha value is -0.660. The van der Waals surface area contributed by atoms with Crippen LogP contribution in [-0.2, 0) is 14.8 Å². The second-order valence-electron chi connectivity index (χ2n) is 9.57. The molecule has 0 spiro atoms. The maximum absolute atomic E-state index is 13.1. The van der Waals surface area contributed by atoms with Gasteiger partial charge in [-0.2, -0.15) is 0 Å². The van der Waals surface area contributed by atoms with E-state index in [2.05, 4.69) is 24.1 Å². The molecule has 1 amide bonds. The molecular weight excluding hydrogens is 362 g/mol. The zero-order valence-electron chi connectivity index (χ0n) is 16.8. The largest absolute Gasteiger partial charge is 0.352 e. The summed E-state index contributed by atoms with van der Waals surface area (Å²) in [5, 5.41) is 3.22. The van der Waals surface area contributed by atoms with Gasteiger partial charge in [0, 0.05) is 19.1 Å². The number of rotatable bonds is 7. The Balaban J connectivity index is 1.39. The maximum atomic E-state index is 13.1. The van der Waals surface area contributed by atoms with Gasteiger partial charge in [-0.3, -0.25) is 9.69 Å². The van der Waals surface area contributed by atoms with E-state index in [9.17, 15) is 13.2 Å². The van der Waals surface area contributed by atoms with Crippen molar-refractivity contribution in [2.45, 2.75) is 76.1 Å². The van der Waals surface area contributed by atoms with Crippen molar-refractivity contribution in [1.29, 1.82) is 0 Å². The van der Waals surface area contributed by atoms with E-state index in [1.165, 1.54) is 12.8 Å². The fraction of sp³-hybridized carbons (Fsp3) is 0.950. The van der Waals surface area contributed by atoms with Crippen LogP contribution in [0.15, 0.2) is 0 Å². The summed E-state index contributed by atoms with van der Waals surface area (Å²) in [5.74, 6) is 1.36. The number of likely N-dealkylation sites (tertiary alicyclic amines) is 1. The van der Waals surface area contributed by atoms with Crippen molar-refractivity contribution in [3.05, 3.63) is 0 Å². The van der Waals surface area contributed by atoms with Gasteiger partial charge in [0.1, 0.15) is 0 Å². The molecule has 7 heteroatoms. The quantitative estimate of drug-likeness (QED) is 0.711. The van der Waals surface area contributed by atoms with Crippen LogP contribution in [0.2, 0.25) is 0 Å². The summed E-state index contributed by atoms with van der Waals surface area (Å²) in [6, 6.07) is 0.110. The van der Waals surface area contributed by atoms with Crippen molar-refractivity contribution in [3.8, 4) is 0 Å². The standard InChI is InChI=1S/C20H35N3O3S/c1-14(2)11-19(22-9-3-4-10-22)20(24)21-18-8-5-15-12-23(13-17(15)18)27(25,26)16-6-7-16/h14-19H,3-13H2,1-2H3,(H,21,24)/t15-,17+,18+,19?/m0/s1. The lowest BCUT2D eigenvalue weighted by Gasteiger charge is -2.30. The number of sulfonamides is 1. The Morgan fingerprint density at radius 1 is 1.07 bits per heavy atom. The third kappa shape index (κ3) is 4.06. The monoisotopic (exact) mass is 397 g/mol. The third-order valence-corrected chi connectivity index (χ3v) is 9.37. The van der Waals surface area contributed by atoms with Crippen LogP contribution < -0.4 is 5.32 Å². The summed E-state index contributed by atoms with van der Waals surface area (Å²) in [6.07, 6.45) is 6.93. The predicted molar refractivity (Wildman–Crippen MR) is 106 cm³/mol. The SMILES string of the molecule is CC(C)CC(C(=O)N[C@@H]1CC[C@H]2CN(S(=O)(=O)C3CC3)C[C@H]21)N1CCCC1. The Bertz CT molecular complexity index is 655. The summed E-state index contributed by atoms with van der Waals surface area (Å²) < 4.78 is 26.9. The average molecular weight is 398 g/mol. The molecule has 2 aliphatic carbocycles. The number of nitrogens with one attached hydrogen (secondary N) is 1. The molecule has 0 aromatic heterocycles. The van der Waals surface area contributed by atoms with Crippen LogP contribution in [0, 0.1) is 17.8 Å². The number of hydrogen-bond acceptors (Lipinski definition) is 4. The molecule has 0 aromatic carbocycles. The summed E-state index contributed by atoms with van der Waals surface area (Å²) in [4.78, 5) is 15.5. The molecule has 6 nitrogen and oxygen atoms in total. The molecule has 154 valence electrons. The zero-order chi connectivity index (χ0) is 19.2. The lowest BCUT2D eigenvalue weighted by molar-refractivity contribution is -0.127. The number of amides is 1. The second kappa shape index (κ2) is 7.64. The number of fused-ring (bicyclic) bond motifs is 1. The highest BCUT2D eigenvalue weighted by Crippen LogP contribution is 2.42. The van der Waals surface area contributed by atoms with Gasteiger partial charge < -0.3 is 5.32 Å². The van der Waals surface area contributed by atoms with Crippen molar-refractivity contribution in [1.82, 2.24) is 14.5 Å². The molecule has 4 fully saturated rings. The molecular formula is C20H35N3O3S. The van der Waals surface area contributed by atoms with Gasteiger partial charge >= 0.3 is 0 Å². The summed E-state index contributed by atoms with van der Waals surface area (Å²) in [5.41, 5.74) is 0. The Morgan fingerprint density at radius 2 is 1.78 bits per heavy atom. The number of carbonyl (C=O) groups is 1. The highest BCUT2D eigenvalue weighted by molar-refractivity contribution is 7.90. The highest BCUT2D eigenvalue weighted by Gasteiger charge is 2.50. The number of hydrogen-bond donors (Lipinski definition) is 1. The first-order valence-electron chi connectivity index (χ1n) is 10.9. The molecule has 2 heterocycles. The molecule has 4 aliphatic rings. The van der Waals surface area contributed by atoms with Gasteiger partial charge in [0.05, 0.1) is 11.3 Å². The molecule has 4 rings (SSSR count). The van der Waals surface area contributed by atoms with E-state index in [-0.39, 0.29) is 23.2 Å². The van der Waals surface area contributed by atoms with E-state index in [4.69, 9.17) is 0 Å². The zero-order valence-corrected chi connectivity index (χ0v) is 17.6. The first kappa shape index (κ1) is 19.6. The van der Waals surface area contributed by atoms with Gasteiger partial charge in [-0.15, -0.1) is 0 Å². The number of nitrogens with zero attached hydrogens (tertiary/aromatic N) is 2. The highest BCUT2D eigenvalue weighted by atomic mass is 32.2. The van der Waals surface area contributed by atoms with Gasteiger partial charge in [-0.05, 0) is 75.8 Å². The second-order valence-corrected chi connectivity index (χ2v) is 11.8. The van der Waals surface area contributed by atoms with Crippen molar-refractivity contribution in [2.75, 3.05) is 26.2 Å². The molecule has 1 unspecified atom stereocenters. The first-order valence-corrected chi connectivity index (χ1v) is 12.4.